The Morgan fingerprint density at radius 1 is 1.41 bits per heavy atom. The van der Waals surface area contributed by atoms with E-state index in [9.17, 15) is 4.79 Å². The molecule has 0 aliphatic heterocycles. The molecule has 0 fully saturated rings. The number of rotatable bonds is 4. The summed E-state index contributed by atoms with van der Waals surface area (Å²) in [7, 11) is 1.91. The lowest BCUT2D eigenvalue weighted by atomic mass is 10.2. The molecule has 0 aliphatic carbocycles. The SMILES string of the molecule is CNCc1sccc1CNC(=O)OC(C)(C)C. The Labute approximate surface area is 106 Å². The second-order valence-corrected chi connectivity index (χ2v) is 5.76. The number of carbonyl (C=O) groups is 1. The van der Waals surface area contributed by atoms with Crippen molar-refractivity contribution in [2.45, 2.75) is 39.5 Å². The molecule has 0 aliphatic rings. The minimum atomic E-state index is -0.452. The van der Waals surface area contributed by atoms with Crippen LogP contribution in [0.5, 0.6) is 0 Å². The fraction of sp³-hybridized carbons (Fsp3) is 0.583. The molecule has 4 nitrogen and oxygen atoms in total. The summed E-state index contributed by atoms with van der Waals surface area (Å²) in [5.74, 6) is 0. The standard InChI is InChI=1S/C12H20N2O2S/c1-12(2,3)16-11(15)14-7-9-5-6-17-10(9)8-13-4/h5-6,13H,7-8H2,1-4H3,(H,14,15). The van der Waals surface area contributed by atoms with Gasteiger partial charge in [-0.25, -0.2) is 4.79 Å². The van der Waals surface area contributed by atoms with Crippen molar-refractivity contribution in [3.8, 4) is 0 Å². The third-order valence-corrected chi connectivity index (χ3v) is 2.96. The molecule has 0 radical (unpaired) electrons. The Bertz CT molecular complexity index is 369. The van der Waals surface area contributed by atoms with E-state index in [1.165, 1.54) is 4.88 Å². The predicted octanol–water partition coefficient (Wildman–Crippen LogP) is 2.49. The quantitative estimate of drug-likeness (QED) is 0.870. The second-order valence-electron chi connectivity index (χ2n) is 4.75. The summed E-state index contributed by atoms with van der Waals surface area (Å²) >= 11 is 1.68. The van der Waals surface area contributed by atoms with Gasteiger partial charge in [0.05, 0.1) is 0 Å². The number of ether oxygens (including phenoxy) is 1. The maximum Gasteiger partial charge on any atom is 0.407 e. The van der Waals surface area contributed by atoms with E-state index in [4.69, 9.17) is 4.74 Å². The lowest BCUT2D eigenvalue weighted by Gasteiger charge is -2.19. The zero-order valence-corrected chi connectivity index (χ0v) is 11.6. The van der Waals surface area contributed by atoms with Crippen LogP contribution in [0.1, 0.15) is 31.2 Å². The second kappa shape index (κ2) is 6.02. The predicted molar refractivity (Wildman–Crippen MR) is 70.2 cm³/mol. The number of hydrogen-bond acceptors (Lipinski definition) is 4. The molecule has 5 heteroatoms. The van der Waals surface area contributed by atoms with Crippen LogP contribution >= 0.6 is 11.3 Å². The number of carbonyl (C=O) groups excluding carboxylic acids is 1. The molecule has 0 bridgehead atoms. The van der Waals surface area contributed by atoms with E-state index in [0.717, 1.165) is 12.1 Å². The van der Waals surface area contributed by atoms with E-state index in [-0.39, 0.29) is 6.09 Å². The van der Waals surface area contributed by atoms with Gasteiger partial charge < -0.3 is 15.4 Å². The van der Waals surface area contributed by atoms with Crippen LogP contribution in [0.15, 0.2) is 11.4 Å². The Balaban J connectivity index is 2.44. The summed E-state index contributed by atoms with van der Waals surface area (Å²) in [6.45, 7) is 6.88. The number of amides is 1. The Morgan fingerprint density at radius 3 is 2.71 bits per heavy atom. The molecule has 1 rings (SSSR count). The highest BCUT2D eigenvalue weighted by molar-refractivity contribution is 7.10. The summed E-state index contributed by atoms with van der Waals surface area (Å²) in [6, 6.07) is 2.02. The van der Waals surface area contributed by atoms with Crippen LogP contribution < -0.4 is 10.6 Å². The molecule has 0 atom stereocenters. The third kappa shape index (κ3) is 5.19. The van der Waals surface area contributed by atoms with Gasteiger partial charge in [-0.15, -0.1) is 11.3 Å². The molecule has 0 saturated heterocycles. The number of thiophene rings is 1. The van der Waals surface area contributed by atoms with E-state index in [0.29, 0.717) is 6.54 Å². The molecule has 0 spiro atoms. The summed E-state index contributed by atoms with van der Waals surface area (Å²) in [4.78, 5) is 12.7. The minimum Gasteiger partial charge on any atom is -0.444 e. The molecular weight excluding hydrogens is 236 g/mol. The van der Waals surface area contributed by atoms with Gasteiger partial charge in [0, 0.05) is 18.0 Å². The van der Waals surface area contributed by atoms with E-state index >= 15 is 0 Å². The van der Waals surface area contributed by atoms with Gasteiger partial charge >= 0.3 is 6.09 Å². The Morgan fingerprint density at radius 2 is 2.12 bits per heavy atom. The minimum absolute atomic E-state index is 0.376. The number of hydrogen-bond donors (Lipinski definition) is 2. The maximum atomic E-state index is 11.5. The van der Waals surface area contributed by atoms with Crippen LogP contribution in [0.4, 0.5) is 4.79 Å². The third-order valence-electron chi connectivity index (χ3n) is 2.00. The molecular formula is C12H20N2O2S. The summed E-state index contributed by atoms with van der Waals surface area (Å²) in [6.07, 6.45) is -0.376. The summed E-state index contributed by atoms with van der Waals surface area (Å²) < 4.78 is 5.17. The zero-order valence-electron chi connectivity index (χ0n) is 10.8. The molecule has 0 unspecified atom stereocenters. The van der Waals surface area contributed by atoms with Gasteiger partial charge in [0.2, 0.25) is 0 Å². The highest BCUT2D eigenvalue weighted by Crippen LogP contribution is 2.16. The fourth-order valence-corrected chi connectivity index (χ4v) is 2.24. The summed E-state index contributed by atoms with van der Waals surface area (Å²) in [5.41, 5.74) is 0.683. The number of alkyl carbamates (subject to hydrolysis) is 1. The summed E-state index contributed by atoms with van der Waals surface area (Å²) in [5, 5.41) is 7.89. The van der Waals surface area contributed by atoms with Crippen molar-refractivity contribution in [2.75, 3.05) is 7.05 Å². The average molecular weight is 256 g/mol. The smallest absolute Gasteiger partial charge is 0.407 e. The van der Waals surface area contributed by atoms with E-state index in [1.807, 2.05) is 39.3 Å². The molecule has 2 N–H and O–H groups in total. The van der Waals surface area contributed by atoms with Crippen molar-refractivity contribution in [1.82, 2.24) is 10.6 Å². The maximum absolute atomic E-state index is 11.5. The average Bonchev–Trinajstić information content (AvgIpc) is 2.60. The first-order chi connectivity index (χ1) is 7.92. The van der Waals surface area contributed by atoms with E-state index in [2.05, 4.69) is 10.6 Å². The zero-order chi connectivity index (χ0) is 12.9. The van der Waals surface area contributed by atoms with Crippen LogP contribution in [0.2, 0.25) is 0 Å². The molecule has 0 saturated carbocycles. The highest BCUT2D eigenvalue weighted by Gasteiger charge is 2.16. The van der Waals surface area contributed by atoms with Gasteiger partial charge in [-0.2, -0.15) is 0 Å². The molecule has 1 aromatic rings. The molecule has 1 amide bonds. The Hall–Kier alpha value is -1.07. The molecule has 1 heterocycles. The van der Waals surface area contributed by atoms with Crippen molar-refractivity contribution in [2.24, 2.45) is 0 Å². The van der Waals surface area contributed by atoms with Gasteiger partial charge in [0.15, 0.2) is 0 Å². The van der Waals surface area contributed by atoms with Gasteiger partial charge in [-0.05, 0) is 44.8 Å². The van der Waals surface area contributed by atoms with Crippen LogP contribution in [0, 0.1) is 0 Å². The fourth-order valence-electron chi connectivity index (χ4n) is 1.32. The van der Waals surface area contributed by atoms with Crippen LogP contribution in [-0.2, 0) is 17.8 Å². The molecule has 1 aromatic heterocycles. The number of nitrogens with one attached hydrogen (secondary N) is 2. The molecule has 17 heavy (non-hydrogen) atoms. The lowest BCUT2D eigenvalue weighted by Crippen LogP contribution is -2.32. The topological polar surface area (TPSA) is 50.4 Å². The first kappa shape index (κ1) is 14.0. The van der Waals surface area contributed by atoms with Crippen molar-refractivity contribution in [3.63, 3.8) is 0 Å². The van der Waals surface area contributed by atoms with Crippen molar-refractivity contribution >= 4 is 17.4 Å². The largest absolute Gasteiger partial charge is 0.444 e. The normalized spacial score (nSPS) is 11.3. The molecule has 0 aromatic carbocycles. The van der Waals surface area contributed by atoms with Crippen molar-refractivity contribution in [1.29, 1.82) is 0 Å². The van der Waals surface area contributed by atoms with Gasteiger partial charge in [0.1, 0.15) is 5.60 Å². The van der Waals surface area contributed by atoms with Crippen LogP contribution in [0.25, 0.3) is 0 Å². The van der Waals surface area contributed by atoms with E-state index in [1.54, 1.807) is 11.3 Å². The first-order valence-electron chi connectivity index (χ1n) is 5.59. The Kier molecular flexibility index (Phi) is 4.96. The highest BCUT2D eigenvalue weighted by atomic mass is 32.1. The van der Waals surface area contributed by atoms with Crippen LogP contribution in [-0.4, -0.2) is 18.7 Å². The lowest BCUT2D eigenvalue weighted by molar-refractivity contribution is 0.0523. The first-order valence-corrected chi connectivity index (χ1v) is 6.47. The van der Waals surface area contributed by atoms with Gasteiger partial charge in [-0.1, -0.05) is 0 Å². The van der Waals surface area contributed by atoms with Crippen LogP contribution in [0.3, 0.4) is 0 Å². The van der Waals surface area contributed by atoms with Gasteiger partial charge in [-0.3, -0.25) is 0 Å². The van der Waals surface area contributed by atoms with E-state index < -0.39 is 5.60 Å². The van der Waals surface area contributed by atoms with Gasteiger partial charge in [0.25, 0.3) is 0 Å². The monoisotopic (exact) mass is 256 g/mol. The van der Waals surface area contributed by atoms with Crippen molar-refractivity contribution < 1.29 is 9.53 Å². The molecule has 96 valence electrons. The van der Waals surface area contributed by atoms with Crippen molar-refractivity contribution in [3.05, 3.63) is 21.9 Å².